The Morgan fingerprint density at radius 1 is 1.45 bits per heavy atom. The van der Waals surface area contributed by atoms with Crippen molar-refractivity contribution in [3.8, 4) is 11.3 Å². The number of nitrogens with zero attached hydrogens (tertiary/aromatic N) is 2. The molecular formula is C15H14N2O4S. The quantitative estimate of drug-likeness (QED) is 0.802. The Kier molecular flexibility index (Phi) is 3.17. The van der Waals surface area contributed by atoms with Crippen molar-refractivity contribution < 1.29 is 14.3 Å². The highest BCUT2D eigenvalue weighted by Crippen LogP contribution is 2.32. The molecule has 0 bridgehead atoms. The molecule has 3 aromatic heterocycles. The summed E-state index contributed by atoms with van der Waals surface area (Å²) in [6.07, 6.45) is 1.53. The molecule has 0 fully saturated rings. The minimum Gasteiger partial charge on any atom is -0.480 e. The van der Waals surface area contributed by atoms with Crippen molar-refractivity contribution in [2.75, 3.05) is 0 Å². The van der Waals surface area contributed by atoms with Gasteiger partial charge in [-0.3, -0.25) is 9.36 Å². The molecular weight excluding hydrogens is 304 g/mol. The molecule has 3 aromatic rings. The number of hydrogen-bond acceptors (Lipinski definition) is 5. The third kappa shape index (κ3) is 1.97. The fourth-order valence-electron chi connectivity index (χ4n) is 2.46. The molecule has 0 spiro atoms. The van der Waals surface area contributed by atoms with E-state index in [0.717, 1.165) is 0 Å². The van der Waals surface area contributed by atoms with Gasteiger partial charge in [-0.15, -0.1) is 11.3 Å². The smallest absolute Gasteiger partial charge is 0.329 e. The van der Waals surface area contributed by atoms with Gasteiger partial charge in [0, 0.05) is 10.9 Å². The van der Waals surface area contributed by atoms with E-state index in [1.54, 1.807) is 24.4 Å². The number of furan rings is 1. The summed E-state index contributed by atoms with van der Waals surface area (Å²) in [5.41, 5.74) is -1.12. The SMILES string of the molecule is Cc1nc2scc(-c3ccco3)c2c(=O)n1C(C)(C)C(=O)O. The maximum atomic E-state index is 12.9. The van der Waals surface area contributed by atoms with E-state index in [0.29, 0.717) is 27.4 Å². The van der Waals surface area contributed by atoms with Gasteiger partial charge in [0.1, 0.15) is 22.0 Å². The second-order valence-electron chi connectivity index (χ2n) is 5.47. The standard InChI is InChI=1S/C15H14N2O4S/c1-8-16-12-11(9(7-22-12)10-5-4-6-21-10)13(18)17(8)15(2,3)14(19)20/h4-7H,1-3H3,(H,19,20). The Morgan fingerprint density at radius 3 is 2.77 bits per heavy atom. The largest absolute Gasteiger partial charge is 0.480 e. The fourth-order valence-corrected chi connectivity index (χ4v) is 3.42. The van der Waals surface area contributed by atoms with Crippen molar-refractivity contribution in [2.24, 2.45) is 0 Å². The van der Waals surface area contributed by atoms with Crippen LogP contribution >= 0.6 is 11.3 Å². The second kappa shape index (κ2) is 4.81. The van der Waals surface area contributed by atoms with Crippen molar-refractivity contribution in [2.45, 2.75) is 26.3 Å². The molecule has 0 aliphatic carbocycles. The zero-order valence-electron chi connectivity index (χ0n) is 12.3. The second-order valence-corrected chi connectivity index (χ2v) is 6.33. The third-order valence-corrected chi connectivity index (χ3v) is 4.52. The average Bonchev–Trinajstić information content (AvgIpc) is 3.05. The number of aliphatic carboxylic acids is 1. The van der Waals surface area contributed by atoms with Gasteiger partial charge in [0.15, 0.2) is 0 Å². The minimum absolute atomic E-state index is 0.373. The van der Waals surface area contributed by atoms with Gasteiger partial charge in [-0.05, 0) is 32.9 Å². The Labute approximate surface area is 129 Å². The Bertz CT molecular complexity index is 919. The van der Waals surface area contributed by atoms with Crippen LogP contribution in [0.1, 0.15) is 19.7 Å². The summed E-state index contributed by atoms with van der Waals surface area (Å²) in [7, 11) is 0. The van der Waals surface area contributed by atoms with Gasteiger partial charge >= 0.3 is 5.97 Å². The lowest BCUT2D eigenvalue weighted by Crippen LogP contribution is -2.44. The molecule has 22 heavy (non-hydrogen) atoms. The number of carboxylic acids is 1. The van der Waals surface area contributed by atoms with E-state index in [9.17, 15) is 14.7 Å². The van der Waals surface area contributed by atoms with E-state index in [1.807, 2.05) is 0 Å². The van der Waals surface area contributed by atoms with Crippen LogP contribution in [-0.4, -0.2) is 20.6 Å². The normalized spacial score (nSPS) is 12.0. The van der Waals surface area contributed by atoms with Crippen molar-refractivity contribution in [3.63, 3.8) is 0 Å². The Hall–Kier alpha value is -2.41. The molecule has 3 heterocycles. The number of hydrogen-bond donors (Lipinski definition) is 1. The van der Waals surface area contributed by atoms with E-state index >= 15 is 0 Å². The van der Waals surface area contributed by atoms with Gasteiger partial charge in [-0.2, -0.15) is 0 Å². The minimum atomic E-state index is -1.38. The van der Waals surface area contributed by atoms with Crippen LogP contribution in [0.15, 0.2) is 33.0 Å². The molecule has 0 saturated heterocycles. The molecule has 114 valence electrons. The lowest BCUT2D eigenvalue weighted by molar-refractivity contribution is -0.145. The van der Waals surface area contributed by atoms with Crippen LogP contribution in [0.5, 0.6) is 0 Å². The highest BCUT2D eigenvalue weighted by molar-refractivity contribution is 7.17. The number of fused-ring (bicyclic) bond motifs is 1. The highest BCUT2D eigenvalue weighted by Gasteiger charge is 2.33. The highest BCUT2D eigenvalue weighted by atomic mass is 32.1. The van der Waals surface area contributed by atoms with Crippen LogP contribution in [0, 0.1) is 6.92 Å². The molecule has 0 radical (unpaired) electrons. The molecule has 7 heteroatoms. The summed E-state index contributed by atoms with van der Waals surface area (Å²) in [6, 6.07) is 3.49. The molecule has 0 aromatic carbocycles. The van der Waals surface area contributed by atoms with Crippen LogP contribution in [0.4, 0.5) is 0 Å². The van der Waals surface area contributed by atoms with E-state index < -0.39 is 11.5 Å². The number of carbonyl (C=O) groups is 1. The van der Waals surface area contributed by atoms with Crippen LogP contribution in [-0.2, 0) is 10.3 Å². The van der Waals surface area contributed by atoms with Crippen LogP contribution in [0.25, 0.3) is 21.5 Å². The van der Waals surface area contributed by atoms with Crippen LogP contribution < -0.4 is 5.56 Å². The maximum absolute atomic E-state index is 12.9. The average molecular weight is 318 g/mol. The first-order valence-corrected chi connectivity index (χ1v) is 7.50. The van der Waals surface area contributed by atoms with E-state index in [2.05, 4.69) is 4.98 Å². The van der Waals surface area contributed by atoms with Gasteiger partial charge in [-0.1, -0.05) is 0 Å². The van der Waals surface area contributed by atoms with E-state index in [4.69, 9.17) is 4.42 Å². The van der Waals surface area contributed by atoms with Gasteiger partial charge in [0.25, 0.3) is 5.56 Å². The predicted octanol–water partition coefficient (Wildman–Crippen LogP) is 2.85. The van der Waals surface area contributed by atoms with Gasteiger partial charge in [-0.25, -0.2) is 9.78 Å². The molecule has 0 unspecified atom stereocenters. The number of aryl methyl sites for hydroxylation is 1. The molecule has 0 aliphatic heterocycles. The number of rotatable bonds is 3. The topological polar surface area (TPSA) is 85.3 Å². The first-order valence-electron chi connectivity index (χ1n) is 6.62. The predicted molar refractivity (Wildman–Crippen MR) is 83.3 cm³/mol. The Morgan fingerprint density at radius 2 is 2.18 bits per heavy atom. The molecule has 6 nitrogen and oxygen atoms in total. The molecule has 0 amide bonds. The molecule has 0 saturated carbocycles. The summed E-state index contributed by atoms with van der Waals surface area (Å²) in [5.74, 6) is -0.153. The molecule has 3 rings (SSSR count). The zero-order chi connectivity index (χ0) is 16.1. The Balaban J connectivity index is 2.40. The van der Waals surface area contributed by atoms with Gasteiger partial charge in [0.05, 0.1) is 11.6 Å². The summed E-state index contributed by atoms with van der Waals surface area (Å²) < 4.78 is 6.58. The van der Waals surface area contributed by atoms with Crippen LogP contribution in [0.2, 0.25) is 0 Å². The third-order valence-electron chi connectivity index (χ3n) is 3.64. The van der Waals surface area contributed by atoms with Gasteiger partial charge in [0.2, 0.25) is 0 Å². The first kappa shape index (κ1) is 14.5. The zero-order valence-corrected chi connectivity index (χ0v) is 13.1. The monoisotopic (exact) mass is 318 g/mol. The molecule has 0 atom stereocenters. The molecule has 1 N–H and O–H groups in total. The van der Waals surface area contributed by atoms with Crippen molar-refractivity contribution in [3.05, 3.63) is 40.0 Å². The molecule has 0 aliphatic rings. The summed E-state index contributed by atoms with van der Waals surface area (Å²) in [5, 5.41) is 11.6. The lowest BCUT2D eigenvalue weighted by atomic mass is 10.0. The van der Waals surface area contributed by atoms with Crippen LogP contribution in [0.3, 0.4) is 0 Å². The summed E-state index contributed by atoms with van der Waals surface area (Å²) in [6.45, 7) is 4.60. The van der Waals surface area contributed by atoms with Crippen molar-refractivity contribution in [1.29, 1.82) is 0 Å². The maximum Gasteiger partial charge on any atom is 0.329 e. The van der Waals surface area contributed by atoms with Gasteiger partial charge < -0.3 is 9.52 Å². The van der Waals surface area contributed by atoms with Crippen molar-refractivity contribution >= 4 is 27.5 Å². The number of thiophene rings is 1. The number of carboxylic acid groups (broad SMARTS) is 1. The summed E-state index contributed by atoms with van der Waals surface area (Å²) in [4.78, 5) is 29.4. The van der Waals surface area contributed by atoms with Crippen molar-refractivity contribution in [1.82, 2.24) is 9.55 Å². The lowest BCUT2D eigenvalue weighted by Gasteiger charge is -2.24. The van der Waals surface area contributed by atoms with E-state index in [1.165, 1.54) is 36.0 Å². The first-order chi connectivity index (χ1) is 10.3. The van der Waals surface area contributed by atoms with E-state index in [-0.39, 0.29) is 5.56 Å². The number of aromatic nitrogens is 2. The summed E-state index contributed by atoms with van der Waals surface area (Å²) >= 11 is 1.34. The fraction of sp³-hybridized carbons (Fsp3) is 0.267.